The van der Waals surface area contributed by atoms with Crippen LogP contribution >= 0.6 is 0 Å². The molecule has 36 heavy (non-hydrogen) atoms. The smallest absolute Gasteiger partial charge is 0.256 e. The van der Waals surface area contributed by atoms with Crippen molar-refractivity contribution in [2.24, 2.45) is 21.7 Å². The third kappa shape index (κ3) is 4.59. The molecular weight excluding hydrogens is 466 g/mol. The van der Waals surface area contributed by atoms with Gasteiger partial charge in [-0.3, -0.25) is 9.59 Å². The van der Waals surface area contributed by atoms with Crippen LogP contribution in [0.25, 0.3) is 0 Å². The Morgan fingerprint density at radius 3 is 2.56 bits per heavy atom. The van der Waals surface area contributed by atoms with Gasteiger partial charge in [0.25, 0.3) is 5.91 Å². The molecule has 2 aromatic carbocycles. The van der Waals surface area contributed by atoms with Crippen molar-refractivity contribution in [3.05, 3.63) is 65.7 Å². The Hall–Kier alpha value is -3.33. The van der Waals surface area contributed by atoms with Crippen molar-refractivity contribution in [2.45, 2.75) is 45.7 Å². The number of amides is 2. The van der Waals surface area contributed by atoms with Crippen LogP contribution in [0.2, 0.25) is 0 Å². The van der Waals surface area contributed by atoms with Gasteiger partial charge in [0.1, 0.15) is 23.9 Å². The summed E-state index contributed by atoms with van der Waals surface area (Å²) < 4.78 is 32.6. The van der Waals surface area contributed by atoms with Crippen LogP contribution in [0.5, 0.6) is 5.75 Å². The number of ether oxygens (including phenoxy) is 1. The molecule has 0 aliphatic carbocycles. The molecule has 0 spiro atoms. The first-order valence-electron chi connectivity index (χ1n) is 12.0. The summed E-state index contributed by atoms with van der Waals surface area (Å²) in [5.41, 5.74) is 6.43. The first-order valence-corrected chi connectivity index (χ1v) is 12.0. The van der Waals surface area contributed by atoms with Crippen LogP contribution in [-0.4, -0.2) is 59.7 Å². The summed E-state index contributed by atoms with van der Waals surface area (Å²) in [6.45, 7) is 6.03. The van der Waals surface area contributed by atoms with Crippen LogP contribution in [0.1, 0.15) is 32.8 Å². The Morgan fingerprint density at radius 2 is 1.92 bits per heavy atom. The third-order valence-electron chi connectivity index (χ3n) is 6.89. The van der Waals surface area contributed by atoms with Crippen molar-refractivity contribution < 1.29 is 23.1 Å². The second-order valence-corrected chi connectivity index (χ2v) is 10.6. The molecule has 2 heterocycles. The van der Waals surface area contributed by atoms with Crippen molar-refractivity contribution in [1.29, 1.82) is 0 Å². The number of hydrazone groups is 1. The minimum Gasteiger partial charge on any atom is -0.488 e. The van der Waals surface area contributed by atoms with E-state index in [1.807, 2.05) is 51.1 Å². The molecule has 3 atom stereocenters. The van der Waals surface area contributed by atoms with Crippen LogP contribution in [-0.2, 0) is 16.0 Å². The molecule has 2 aliphatic heterocycles. The molecule has 4 rings (SSSR count). The molecule has 1 unspecified atom stereocenters. The quantitative estimate of drug-likeness (QED) is 0.662. The molecule has 1 saturated heterocycles. The van der Waals surface area contributed by atoms with Crippen molar-refractivity contribution in [3.8, 4) is 5.75 Å². The summed E-state index contributed by atoms with van der Waals surface area (Å²) in [5, 5.41) is 5.97. The fourth-order valence-corrected chi connectivity index (χ4v) is 5.59. The van der Waals surface area contributed by atoms with Crippen LogP contribution in [0.4, 0.5) is 8.78 Å². The lowest BCUT2D eigenvalue weighted by Crippen LogP contribution is -2.68. The molecule has 0 radical (unpaired) electrons. The standard InChI is InChI=1S/C27H32F2N4O3/c1-26(2,3)24-27(15-17-8-6-5-7-9-17)22(31-32(4)25(27)35)12-13-33(24)23(34)20(30)16-36-21-11-10-18(28)14-19(21)29/h5-11,14,20,24H,12-13,15-16,30H2,1-4H3/t20-,24?,27+/m1/s1. The third-order valence-corrected chi connectivity index (χ3v) is 6.89. The normalized spacial score (nSPS) is 22.8. The number of carbonyl (C=O) groups is 2. The lowest BCUT2D eigenvalue weighted by atomic mass is 9.60. The van der Waals surface area contributed by atoms with Crippen molar-refractivity contribution >= 4 is 17.5 Å². The molecule has 7 nitrogen and oxygen atoms in total. The Balaban J connectivity index is 1.66. The molecule has 2 aromatic rings. The lowest BCUT2D eigenvalue weighted by molar-refractivity contribution is -0.150. The maximum absolute atomic E-state index is 14.0. The van der Waals surface area contributed by atoms with Crippen molar-refractivity contribution in [3.63, 3.8) is 0 Å². The lowest BCUT2D eigenvalue weighted by Gasteiger charge is -2.53. The Kier molecular flexibility index (Phi) is 6.88. The Morgan fingerprint density at radius 1 is 1.22 bits per heavy atom. The van der Waals surface area contributed by atoms with Gasteiger partial charge in [0, 0.05) is 26.1 Å². The molecule has 2 amide bonds. The molecule has 1 fully saturated rings. The van der Waals surface area contributed by atoms with Gasteiger partial charge in [-0.2, -0.15) is 5.10 Å². The average Bonchev–Trinajstić information content (AvgIpc) is 3.06. The molecule has 192 valence electrons. The maximum atomic E-state index is 14.0. The fourth-order valence-electron chi connectivity index (χ4n) is 5.59. The van der Waals surface area contributed by atoms with E-state index in [-0.39, 0.29) is 18.3 Å². The van der Waals surface area contributed by atoms with Gasteiger partial charge in [-0.25, -0.2) is 13.8 Å². The molecule has 0 aromatic heterocycles. The van der Waals surface area contributed by atoms with E-state index in [0.717, 1.165) is 23.4 Å². The van der Waals surface area contributed by atoms with E-state index in [9.17, 15) is 18.4 Å². The highest BCUT2D eigenvalue weighted by Crippen LogP contribution is 2.49. The van der Waals surface area contributed by atoms with Gasteiger partial charge in [-0.1, -0.05) is 51.1 Å². The van der Waals surface area contributed by atoms with Crippen molar-refractivity contribution in [2.75, 3.05) is 20.2 Å². The monoisotopic (exact) mass is 498 g/mol. The minimum atomic E-state index is -1.11. The summed E-state index contributed by atoms with van der Waals surface area (Å²) >= 11 is 0. The number of nitrogens with two attached hydrogens (primary N) is 1. The summed E-state index contributed by atoms with van der Waals surface area (Å²) in [4.78, 5) is 29.1. The highest BCUT2D eigenvalue weighted by Gasteiger charge is 2.62. The first-order chi connectivity index (χ1) is 16.9. The molecule has 2 aliphatic rings. The van der Waals surface area contributed by atoms with Gasteiger partial charge in [0.05, 0.1) is 11.8 Å². The number of benzene rings is 2. The Labute approximate surface area is 209 Å². The second kappa shape index (κ2) is 9.61. The van der Waals surface area contributed by atoms with E-state index >= 15 is 0 Å². The number of likely N-dealkylation sites (tertiary alicyclic amines) is 1. The predicted molar refractivity (Wildman–Crippen MR) is 132 cm³/mol. The number of halogens is 2. The summed E-state index contributed by atoms with van der Waals surface area (Å²) in [7, 11) is 1.64. The zero-order chi connectivity index (χ0) is 26.3. The SMILES string of the molecule is CN1N=C2CCN(C(=O)[C@H](N)COc3ccc(F)cc3F)C(C(C)(C)C)[C@@]2(Cc2ccccc2)C1=O. The number of rotatable bonds is 6. The average molecular weight is 499 g/mol. The number of hydrogen-bond acceptors (Lipinski definition) is 5. The topological polar surface area (TPSA) is 88.2 Å². The second-order valence-electron chi connectivity index (χ2n) is 10.6. The zero-order valence-electron chi connectivity index (χ0n) is 21.0. The van der Waals surface area contributed by atoms with Gasteiger partial charge in [-0.05, 0) is 29.5 Å². The predicted octanol–water partition coefficient (Wildman–Crippen LogP) is 3.38. The minimum absolute atomic E-state index is 0.156. The fraction of sp³-hybridized carbons (Fsp3) is 0.444. The molecule has 9 heteroatoms. The van der Waals surface area contributed by atoms with Gasteiger partial charge in [0.2, 0.25) is 5.91 Å². The molecule has 0 bridgehead atoms. The van der Waals surface area contributed by atoms with Gasteiger partial charge < -0.3 is 15.4 Å². The van der Waals surface area contributed by atoms with E-state index in [1.54, 1.807) is 11.9 Å². The zero-order valence-corrected chi connectivity index (χ0v) is 21.0. The van der Waals surface area contributed by atoms with E-state index in [2.05, 4.69) is 5.10 Å². The van der Waals surface area contributed by atoms with Gasteiger partial charge >= 0.3 is 0 Å². The largest absolute Gasteiger partial charge is 0.488 e. The summed E-state index contributed by atoms with van der Waals surface area (Å²) in [6, 6.07) is 11.0. The number of nitrogens with zero attached hydrogens (tertiary/aromatic N) is 3. The summed E-state index contributed by atoms with van der Waals surface area (Å²) in [6.07, 6.45) is 0.829. The highest BCUT2D eigenvalue weighted by molar-refractivity contribution is 6.14. The van der Waals surface area contributed by atoms with Gasteiger partial charge in [0.15, 0.2) is 11.6 Å². The van der Waals surface area contributed by atoms with Crippen LogP contribution < -0.4 is 10.5 Å². The van der Waals surface area contributed by atoms with E-state index in [0.29, 0.717) is 25.5 Å². The highest BCUT2D eigenvalue weighted by atomic mass is 19.1. The number of fused-ring (bicyclic) bond motifs is 1. The van der Waals surface area contributed by atoms with E-state index in [1.165, 1.54) is 5.01 Å². The number of piperidine rings is 1. The van der Waals surface area contributed by atoms with Crippen LogP contribution in [0.15, 0.2) is 53.6 Å². The van der Waals surface area contributed by atoms with E-state index < -0.39 is 40.5 Å². The Bertz CT molecular complexity index is 1180. The molecule has 0 saturated carbocycles. The molecular formula is C27H32F2N4O3. The molecule has 2 N–H and O–H groups in total. The van der Waals surface area contributed by atoms with Crippen LogP contribution in [0.3, 0.4) is 0 Å². The van der Waals surface area contributed by atoms with E-state index in [4.69, 9.17) is 10.5 Å². The first kappa shape index (κ1) is 25.8. The number of hydrogen-bond donors (Lipinski definition) is 1. The maximum Gasteiger partial charge on any atom is 0.256 e. The summed E-state index contributed by atoms with van der Waals surface area (Å²) in [5.74, 6) is -2.34. The number of carbonyl (C=O) groups excluding carboxylic acids is 2. The van der Waals surface area contributed by atoms with Gasteiger partial charge in [-0.15, -0.1) is 0 Å². The van der Waals surface area contributed by atoms with Crippen molar-refractivity contribution in [1.82, 2.24) is 9.91 Å². The van der Waals surface area contributed by atoms with Crippen LogP contribution in [0, 0.1) is 22.5 Å².